The van der Waals surface area contributed by atoms with Crippen LogP contribution < -0.4 is 10.2 Å². The molecule has 1 aromatic rings. The third kappa shape index (κ3) is 2.32. The molecule has 1 aliphatic heterocycles. The highest BCUT2D eigenvalue weighted by Crippen LogP contribution is 2.15. The second kappa shape index (κ2) is 4.49. The molecule has 1 unspecified atom stereocenters. The Bertz CT molecular complexity index is 388. The zero-order chi connectivity index (χ0) is 10.8. The minimum atomic E-state index is 0.204. The number of piperidine rings is 1. The van der Waals surface area contributed by atoms with Crippen LogP contribution in [-0.2, 0) is 6.54 Å². The quantitative estimate of drug-likeness (QED) is 0.829. The lowest BCUT2D eigenvalue weighted by Gasteiger charge is -2.23. The molecule has 3 nitrogen and oxygen atoms in total. The first-order valence-corrected chi connectivity index (χ1v) is 6.37. The van der Waals surface area contributed by atoms with E-state index in [0.717, 1.165) is 30.2 Å². The topological polar surface area (TPSA) is 34.0 Å². The number of rotatable bonds is 2. The maximum atomic E-state index is 11.7. The van der Waals surface area contributed by atoms with E-state index in [4.69, 9.17) is 0 Å². The van der Waals surface area contributed by atoms with Crippen LogP contribution in [0, 0.1) is 19.8 Å². The fourth-order valence-corrected chi connectivity index (χ4v) is 2.98. The summed E-state index contributed by atoms with van der Waals surface area (Å²) in [7, 11) is 0. The third-order valence-electron chi connectivity index (χ3n) is 3.21. The van der Waals surface area contributed by atoms with Gasteiger partial charge in [0.1, 0.15) is 0 Å². The Morgan fingerprint density at radius 2 is 2.33 bits per heavy atom. The van der Waals surface area contributed by atoms with Crippen molar-refractivity contribution in [1.82, 2.24) is 9.88 Å². The third-order valence-corrected chi connectivity index (χ3v) is 4.21. The molecule has 1 fully saturated rings. The molecule has 1 aliphatic rings. The van der Waals surface area contributed by atoms with Crippen LogP contribution in [0.1, 0.15) is 23.4 Å². The van der Waals surface area contributed by atoms with Gasteiger partial charge < -0.3 is 9.88 Å². The molecule has 2 heterocycles. The highest BCUT2D eigenvalue weighted by atomic mass is 32.1. The fraction of sp³-hybridized carbons (Fsp3) is 0.727. The Hall–Kier alpha value is -0.610. The number of nitrogens with zero attached hydrogens (tertiary/aromatic N) is 1. The molecule has 2 rings (SSSR count). The standard InChI is InChI=1S/C11H18N2OS/c1-8-9(2)15-11(14)13(8)7-10-4-3-5-12-6-10/h10,12H,3-7H2,1-2H3. The zero-order valence-corrected chi connectivity index (χ0v) is 10.2. The van der Waals surface area contributed by atoms with Crippen LogP contribution in [0.2, 0.25) is 0 Å². The van der Waals surface area contributed by atoms with Crippen molar-refractivity contribution in [2.45, 2.75) is 33.2 Å². The number of thiazole rings is 1. The van der Waals surface area contributed by atoms with E-state index in [-0.39, 0.29) is 4.87 Å². The van der Waals surface area contributed by atoms with Crippen molar-refractivity contribution in [3.63, 3.8) is 0 Å². The van der Waals surface area contributed by atoms with Gasteiger partial charge >= 0.3 is 4.87 Å². The molecule has 1 atom stereocenters. The SMILES string of the molecule is Cc1sc(=O)n(CC2CCCNC2)c1C. The number of aromatic nitrogens is 1. The number of nitrogens with one attached hydrogen (secondary N) is 1. The molecule has 0 aliphatic carbocycles. The first kappa shape index (κ1) is 10.9. The van der Waals surface area contributed by atoms with Crippen molar-refractivity contribution < 1.29 is 0 Å². The highest BCUT2D eigenvalue weighted by Gasteiger charge is 2.16. The minimum Gasteiger partial charge on any atom is -0.316 e. The first-order chi connectivity index (χ1) is 7.18. The van der Waals surface area contributed by atoms with E-state index >= 15 is 0 Å². The highest BCUT2D eigenvalue weighted by molar-refractivity contribution is 7.09. The summed E-state index contributed by atoms with van der Waals surface area (Å²) in [6.07, 6.45) is 2.48. The van der Waals surface area contributed by atoms with Crippen molar-refractivity contribution >= 4 is 11.3 Å². The molecule has 0 saturated carbocycles. The molecule has 1 aromatic heterocycles. The summed E-state index contributed by atoms with van der Waals surface area (Å²) < 4.78 is 1.94. The van der Waals surface area contributed by atoms with Crippen molar-refractivity contribution in [3.8, 4) is 0 Å². The van der Waals surface area contributed by atoms with E-state index in [0.29, 0.717) is 5.92 Å². The van der Waals surface area contributed by atoms with E-state index in [1.54, 1.807) is 0 Å². The summed E-state index contributed by atoms with van der Waals surface area (Å²) in [5.41, 5.74) is 1.15. The van der Waals surface area contributed by atoms with Gasteiger partial charge in [-0.3, -0.25) is 4.79 Å². The van der Waals surface area contributed by atoms with Crippen molar-refractivity contribution in [3.05, 3.63) is 20.2 Å². The molecule has 0 aromatic carbocycles. The van der Waals surface area contributed by atoms with E-state index in [1.807, 2.05) is 18.4 Å². The Morgan fingerprint density at radius 3 is 2.87 bits per heavy atom. The summed E-state index contributed by atoms with van der Waals surface area (Å²) in [6, 6.07) is 0. The van der Waals surface area contributed by atoms with Crippen LogP contribution in [-0.4, -0.2) is 17.7 Å². The van der Waals surface area contributed by atoms with Gasteiger partial charge in [0.05, 0.1) is 0 Å². The molecule has 15 heavy (non-hydrogen) atoms. The van der Waals surface area contributed by atoms with E-state index < -0.39 is 0 Å². The van der Waals surface area contributed by atoms with Gasteiger partial charge in [-0.1, -0.05) is 11.3 Å². The predicted octanol–water partition coefficient (Wildman–Crippen LogP) is 1.53. The van der Waals surface area contributed by atoms with Gasteiger partial charge in [0.2, 0.25) is 0 Å². The molecular weight excluding hydrogens is 208 g/mol. The van der Waals surface area contributed by atoms with Crippen LogP contribution in [0.25, 0.3) is 0 Å². The summed E-state index contributed by atoms with van der Waals surface area (Å²) in [6.45, 7) is 7.15. The van der Waals surface area contributed by atoms with Gasteiger partial charge in [0.25, 0.3) is 0 Å². The monoisotopic (exact) mass is 226 g/mol. The normalized spacial score (nSPS) is 21.9. The number of hydrogen-bond donors (Lipinski definition) is 1. The molecule has 0 radical (unpaired) electrons. The number of aryl methyl sites for hydroxylation is 1. The lowest BCUT2D eigenvalue weighted by Crippen LogP contribution is -2.34. The van der Waals surface area contributed by atoms with Gasteiger partial charge in [-0.05, 0) is 45.7 Å². The van der Waals surface area contributed by atoms with Crippen LogP contribution in [0.5, 0.6) is 0 Å². The second-order valence-corrected chi connectivity index (χ2v) is 5.50. The largest absolute Gasteiger partial charge is 0.316 e. The van der Waals surface area contributed by atoms with Gasteiger partial charge in [0.15, 0.2) is 0 Å². The van der Waals surface area contributed by atoms with Crippen molar-refractivity contribution in [1.29, 1.82) is 0 Å². The van der Waals surface area contributed by atoms with Crippen LogP contribution in [0.3, 0.4) is 0 Å². The second-order valence-electron chi connectivity index (χ2n) is 4.33. The molecule has 84 valence electrons. The molecule has 0 spiro atoms. The Labute approximate surface area is 94.1 Å². The summed E-state index contributed by atoms with van der Waals surface area (Å²) in [4.78, 5) is 13.1. The smallest absolute Gasteiger partial charge is 0.307 e. The Kier molecular flexibility index (Phi) is 3.26. The first-order valence-electron chi connectivity index (χ1n) is 5.56. The van der Waals surface area contributed by atoms with Crippen LogP contribution in [0.15, 0.2) is 4.79 Å². The van der Waals surface area contributed by atoms with Gasteiger partial charge in [-0.25, -0.2) is 0 Å². The fourth-order valence-electron chi connectivity index (χ4n) is 2.14. The van der Waals surface area contributed by atoms with Crippen LogP contribution in [0.4, 0.5) is 0 Å². The van der Waals surface area contributed by atoms with Gasteiger partial charge in [-0.2, -0.15) is 0 Å². The lowest BCUT2D eigenvalue weighted by molar-refractivity contribution is 0.333. The Balaban J connectivity index is 2.12. The molecular formula is C11H18N2OS. The maximum absolute atomic E-state index is 11.7. The summed E-state index contributed by atoms with van der Waals surface area (Å²) in [5, 5.41) is 3.39. The van der Waals surface area contributed by atoms with Gasteiger partial charge in [0, 0.05) is 17.1 Å². The zero-order valence-electron chi connectivity index (χ0n) is 9.38. The maximum Gasteiger partial charge on any atom is 0.307 e. The number of hydrogen-bond acceptors (Lipinski definition) is 3. The molecule has 0 amide bonds. The van der Waals surface area contributed by atoms with Crippen molar-refractivity contribution in [2.75, 3.05) is 13.1 Å². The minimum absolute atomic E-state index is 0.204. The lowest BCUT2D eigenvalue weighted by atomic mass is 9.99. The van der Waals surface area contributed by atoms with E-state index in [9.17, 15) is 4.79 Å². The summed E-state index contributed by atoms with van der Waals surface area (Å²) >= 11 is 1.37. The summed E-state index contributed by atoms with van der Waals surface area (Å²) in [5.74, 6) is 0.629. The van der Waals surface area contributed by atoms with E-state index in [1.165, 1.54) is 24.2 Å². The average molecular weight is 226 g/mol. The predicted molar refractivity (Wildman–Crippen MR) is 63.6 cm³/mol. The average Bonchev–Trinajstić information content (AvgIpc) is 2.47. The Morgan fingerprint density at radius 1 is 1.53 bits per heavy atom. The molecule has 0 bridgehead atoms. The van der Waals surface area contributed by atoms with Crippen LogP contribution >= 0.6 is 11.3 Å². The van der Waals surface area contributed by atoms with Crippen molar-refractivity contribution in [2.24, 2.45) is 5.92 Å². The molecule has 1 saturated heterocycles. The molecule has 4 heteroatoms. The molecule has 1 N–H and O–H groups in total. The van der Waals surface area contributed by atoms with Gasteiger partial charge in [-0.15, -0.1) is 0 Å². The van der Waals surface area contributed by atoms with E-state index in [2.05, 4.69) is 5.32 Å².